The van der Waals surface area contributed by atoms with E-state index in [2.05, 4.69) is 6.58 Å². The monoisotopic (exact) mass is 252 g/mol. The van der Waals surface area contributed by atoms with E-state index < -0.39 is 11.7 Å². The van der Waals surface area contributed by atoms with Crippen LogP contribution < -0.4 is 0 Å². The van der Waals surface area contributed by atoms with Crippen LogP contribution in [0.15, 0.2) is 30.4 Å². The molecule has 1 aliphatic carbocycles. The molecule has 3 heteroatoms. The number of hydrogen-bond acceptors (Lipinski definition) is 0. The summed E-state index contributed by atoms with van der Waals surface area (Å²) in [4.78, 5) is 0. The first kappa shape index (κ1) is 12.9. The Kier molecular flexibility index (Phi) is 2.69. The van der Waals surface area contributed by atoms with Gasteiger partial charge in [-0.1, -0.05) is 39.5 Å². The first-order chi connectivity index (χ1) is 8.10. The minimum absolute atomic E-state index is 0.117. The van der Waals surface area contributed by atoms with Gasteiger partial charge in [0.2, 0.25) is 0 Å². The highest BCUT2D eigenvalue weighted by Crippen LogP contribution is 2.44. The van der Waals surface area contributed by atoms with E-state index in [1.807, 2.05) is 26.8 Å². The molecule has 0 spiro atoms. The van der Waals surface area contributed by atoms with Gasteiger partial charge in [-0.25, -0.2) is 0 Å². The normalized spacial score (nSPS) is 15.7. The zero-order valence-corrected chi connectivity index (χ0v) is 10.7. The predicted octanol–water partition coefficient (Wildman–Crippen LogP) is 5.16. The average molecular weight is 252 g/mol. The van der Waals surface area contributed by atoms with Crippen molar-refractivity contribution in [2.45, 2.75) is 26.9 Å². The van der Waals surface area contributed by atoms with Gasteiger partial charge in [0.1, 0.15) is 0 Å². The van der Waals surface area contributed by atoms with Gasteiger partial charge in [0.05, 0.1) is 5.56 Å². The van der Waals surface area contributed by atoms with Gasteiger partial charge in [-0.15, -0.1) is 0 Å². The fraction of sp³-hybridized carbons (Fsp3) is 0.333. The van der Waals surface area contributed by atoms with Crippen molar-refractivity contribution in [1.82, 2.24) is 0 Å². The van der Waals surface area contributed by atoms with Crippen LogP contribution in [0.1, 0.15) is 37.5 Å². The van der Waals surface area contributed by atoms with Crippen LogP contribution in [0.25, 0.3) is 11.6 Å². The summed E-state index contributed by atoms with van der Waals surface area (Å²) in [6, 6.07) is 3.82. The van der Waals surface area contributed by atoms with Crippen molar-refractivity contribution in [2.75, 3.05) is 0 Å². The number of benzene rings is 1. The van der Waals surface area contributed by atoms with Crippen LogP contribution in [0.3, 0.4) is 0 Å². The first-order valence-corrected chi connectivity index (χ1v) is 5.74. The van der Waals surface area contributed by atoms with E-state index in [1.54, 1.807) is 0 Å². The van der Waals surface area contributed by atoms with Gasteiger partial charge in [0.25, 0.3) is 0 Å². The molecule has 0 atom stereocenters. The smallest absolute Gasteiger partial charge is 0.166 e. The maximum atomic E-state index is 12.7. The molecule has 0 aliphatic heterocycles. The zero-order chi connectivity index (χ0) is 13.7. The summed E-state index contributed by atoms with van der Waals surface area (Å²) in [5.41, 5.74) is 2.37. The molecular formula is C15H15F3. The minimum atomic E-state index is -4.31. The summed E-state index contributed by atoms with van der Waals surface area (Å²) in [7, 11) is 0. The predicted molar refractivity (Wildman–Crippen MR) is 67.9 cm³/mol. The molecule has 1 aromatic carbocycles. The summed E-state index contributed by atoms with van der Waals surface area (Å²) in [5.74, 6) is 0. The maximum Gasteiger partial charge on any atom is 0.416 e. The van der Waals surface area contributed by atoms with E-state index in [0.29, 0.717) is 11.1 Å². The second-order valence-electron chi connectivity index (χ2n) is 5.59. The van der Waals surface area contributed by atoms with Gasteiger partial charge in [0, 0.05) is 0 Å². The standard InChI is InChI=1S/C15H15F3/c1-9-12-8-11(15(16,17)18)6-5-10(12)7-13(9)14(2,3)4/h5-8H,1H2,2-4H3. The lowest BCUT2D eigenvalue weighted by atomic mass is 9.83. The Balaban J connectivity index is 2.49. The van der Waals surface area contributed by atoms with E-state index in [1.165, 1.54) is 12.1 Å². The highest BCUT2D eigenvalue weighted by molar-refractivity contribution is 5.94. The van der Waals surface area contributed by atoms with Gasteiger partial charge in [0.15, 0.2) is 0 Å². The Bertz CT molecular complexity index is 540. The largest absolute Gasteiger partial charge is 0.416 e. The number of fused-ring (bicyclic) bond motifs is 1. The summed E-state index contributed by atoms with van der Waals surface area (Å²) in [6.07, 6.45) is -2.38. The topological polar surface area (TPSA) is 0 Å². The van der Waals surface area contributed by atoms with Crippen molar-refractivity contribution >= 4 is 11.6 Å². The molecule has 1 aromatic rings. The van der Waals surface area contributed by atoms with E-state index in [9.17, 15) is 13.2 Å². The van der Waals surface area contributed by atoms with E-state index in [4.69, 9.17) is 0 Å². The van der Waals surface area contributed by atoms with Crippen molar-refractivity contribution in [2.24, 2.45) is 5.41 Å². The molecule has 0 radical (unpaired) electrons. The third-order valence-corrected chi connectivity index (χ3v) is 3.14. The van der Waals surface area contributed by atoms with Gasteiger partial charge >= 0.3 is 6.18 Å². The molecule has 0 fully saturated rings. The zero-order valence-electron chi connectivity index (χ0n) is 10.7. The van der Waals surface area contributed by atoms with Gasteiger partial charge in [-0.3, -0.25) is 0 Å². The number of allylic oxidation sites excluding steroid dienone is 2. The van der Waals surface area contributed by atoms with E-state index in [-0.39, 0.29) is 5.41 Å². The molecular weight excluding hydrogens is 237 g/mol. The van der Waals surface area contributed by atoms with Gasteiger partial charge < -0.3 is 0 Å². The highest BCUT2D eigenvalue weighted by Gasteiger charge is 2.33. The van der Waals surface area contributed by atoms with Crippen molar-refractivity contribution < 1.29 is 13.2 Å². The average Bonchev–Trinajstić information content (AvgIpc) is 2.54. The lowest BCUT2D eigenvalue weighted by Crippen LogP contribution is -2.08. The molecule has 0 amide bonds. The van der Waals surface area contributed by atoms with Crippen LogP contribution in [0.4, 0.5) is 13.2 Å². The van der Waals surface area contributed by atoms with Gasteiger partial charge in [-0.05, 0) is 39.8 Å². The molecule has 0 bridgehead atoms. The van der Waals surface area contributed by atoms with Crippen molar-refractivity contribution in [3.05, 3.63) is 47.0 Å². The summed E-state index contributed by atoms with van der Waals surface area (Å²) in [5, 5.41) is 0. The Morgan fingerprint density at radius 3 is 2.17 bits per heavy atom. The second kappa shape index (κ2) is 3.74. The van der Waals surface area contributed by atoms with Crippen molar-refractivity contribution in [3.8, 4) is 0 Å². The fourth-order valence-corrected chi connectivity index (χ4v) is 2.18. The molecule has 96 valence electrons. The van der Waals surface area contributed by atoms with Crippen LogP contribution in [0, 0.1) is 5.41 Å². The molecule has 18 heavy (non-hydrogen) atoms. The van der Waals surface area contributed by atoms with Crippen LogP contribution in [0.2, 0.25) is 0 Å². The van der Waals surface area contributed by atoms with Crippen molar-refractivity contribution in [1.29, 1.82) is 0 Å². The summed E-state index contributed by atoms with van der Waals surface area (Å²) >= 11 is 0. The van der Waals surface area contributed by atoms with E-state index in [0.717, 1.165) is 17.2 Å². The second-order valence-corrected chi connectivity index (χ2v) is 5.59. The quantitative estimate of drug-likeness (QED) is 0.598. The number of hydrogen-bond donors (Lipinski definition) is 0. The molecule has 2 rings (SSSR count). The van der Waals surface area contributed by atoms with Crippen LogP contribution in [-0.2, 0) is 6.18 Å². The van der Waals surface area contributed by atoms with Crippen molar-refractivity contribution in [3.63, 3.8) is 0 Å². The minimum Gasteiger partial charge on any atom is -0.166 e. The number of halogens is 3. The molecule has 0 unspecified atom stereocenters. The lowest BCUT2D eigenvalue weighted by molar-refractivity contribution is -0.137. The highest BCUT2D eigenvalue weighted by atomic mass is 19.4. The van der Waals surface area contributed by atoms with Crippen LogP contribution >= 0.6 is 0 Å². The first-order valence-electron chi connectivity index (χ1n) is 5.74. The molecule has 0 heterocycles. The Morgan fingerprint density at radius 2 is 1.67 bits per heavy atom. The van der Waals surface area contributed by atoms with Crippen LogP contribution in [-0.4, -0.2) is 0 Å². The SMILES string of the molecule is C=C1C(C(C)(C)C)=Cc2ccc(C(F)(F)F)cc21. The molecule has 0 saturated carbocycles. The number of alkyl halides is 3. The fourth-order valence-electron chi connectivity index (χ4n) is 2.18. The molecule has 0 N–H and O–H groups in total. The maximum absolute atomic E-state index is 12.7. The molecule has 0 saturated heterocycles. The Labute approximate surface area is 105 Å². The molecule has 0 aromatic heterocycles. The lowest BCUT2D eigenvalue weighted by Gasteiger charge is -2.21. The third kappa shape index (κ3) is 2.09. The van der Waals surface area contributed by atoms with E-state index >= 15 is 0 Å². The Morgan fingerprint density at radius 1 is 1.06 bits per heavy atom. The molecule has 1 aliphatic rings. The summed E-state index contributed by atoms with van der Waals surface area (Å²) in [6.45, 7) is 10.0. The molecule has 0 nitrogen and oxygen atoms in total. The summed E-state index contributed by atoms with van der Waals surface area (Å²) < 4.78 is 38.0. The van der Waals surface area contributed by atoms with Crippen LogP contribution in [0.5, 0.6) is 0 Å². The third-order valence-electron chi connectivity index (χ3n) is 3.14. The Hall–Kier alpha value is -1.51. The van der Waals surface area contributed by atoms with Gasteiger partial charge in [-0.2, -0.15) is 13.2 Å². The number of rotatable bonds is 0.